The molecule has 2 rings (SSSR count). The van der Waals surface area contributed by atoms with Gasteiger partial charge in [0.15, 0.2) is 6.23 Å². The minimum atomic E-state index is -4.72. The summed E-state index contributed by atoms with van der Waals surface area (Å²) in [5, 5.41) is 9.24. The van der Waals surface area contributed by atoms with Crippen LogP contribution in [-0.2, 0) is 18.6 Å². The van der Waals surface area contributed by atoms with E-state index in [1.165, 1.54) is 13.1 Å². The van der Waals surface area contributed by atoms with Gasteiger partial charge < -0.3 is 19.6 Å². The molecule has 1 aliphatic heterocycles. The summed E-state index contributed by atoms with van der Waals surface area (Å²) in [6, 6.07) is 0. The van der Waals surface area contributed by atoms with Gasteiger partial charge in [0.2, 0.25) is 0 Å². The van der Waals surface area contributed by atoms with Crippen molar-refractivity contribution in [1.29, 1.82) is 0 Å². The molecule has 0 spiro atoms. The highest BCUT2D eigenvalue weighted by Crippen LogP contribution is 2.39. The SMILES string of the molecule is Cc1cn([C@@H]2O[C@H](COP(=O)(O)O)CC2C(=O)O)c(=O)[nH]c1=O. The van der Waals surface area contributed by atoms with E-state index in [1.54, 1.807) is 0 Å². The molecule has 1 unspecified atom stereocenters. The Hall–Kier alpha value is -1.78. The summed E-state index contributed by atoms with van der Waals surface area (Å²) < 4.78 is 21.3. The average Bonchev–Trinajstić information content (AvgIpc) is 2.84. The molecular formula is C11H15N2O9P. The molecule has 0 aliphatic carbocycles. The first-order valence-corrected chi connectivity index (χ1v) is 8.02. The number of nitrogens with one attached hydrogen (secondary N) is 1. The third kappa shape index (κ3) is 4.15. The van der Waals surface area contributed by atoms with Crippen LogP contribution in [-0.4, -0.2) is 43.1 Å². The summed E-state index contributed by atoms with van der Waals surface area (Å²) in [6.07, 6.45) is -1.08. The van der Waals surface area contributed by atoms with Crippen molar-refractivity contribution in [1.82, 2.24) is 9.55 Å². The number of phosphoric ester groups is 1. The maximum Gasteiger partial charge on any atom is 0.469 e. The summed E-state index contributed by atoms with van der Waals surface area (Å²) in [5.74, 6) is -2.38. The Labute approximate surface area is 128 Å². The minimum Gasteiger partial charge on any atom is -0.481 e. The quantitative estimate of drug-likeness (QED) is 0.484. The number of nitrogens with zero attached hydrogens (tertiary/aromatic N) is 1. The molecule has 12 heteroatoms. The van der Waals surface area contributed by atoms with Crippen molar-refractivity contribution in [3.63, 3.8) is 0 Å². The van der Waals surface area contributed by atoms with Gasteiger partial charge in [-0.25, -0.2) is 9.36 Å². The van der Waals surface area contributed by atoms with E-state index < -0.39 is 49.9 Å². The lowest BCUT2D eigenvalue weighted by molar-refractivity contribution is -0.146. The zero-order chi connectivity index (χ0) is 17.4. The van der Waals surface area contributed by atoms with Gasteiger partial charge >= 0.3 is 19.5 Å². The third-order valence-corrected chi connectivity index (χ3v) is 3.84. The van der Waals surface area contributed by atoms with Crippen LogP contribution in [0.1, 0.15) is 18.2 Å². The summed E-state index contributed by atoms with van der Waals surface area (Å²) in [7, 11) is -4.72. The van der Waals surface area contributed by atoms with Gasteiger partial charge in [-0.3, -0.25) is 23.7 Å². The normalized spacial score (nSPS) is 24.7. The molecule has 1 saturated heterocycles. The highest BCUT2D eigenvalue weighted by Gasteiger charge is 2.42. The van der Waals surface area contributed by atoms with Crippen LogP contribution in [0.15, 0.2) is 15.8 Å². The summed E-state index contributed by atoms with van der Waals surface area (Å²) in [6.45, 7) is 0.912. The number of ether oxygens (including phenoxy) is 1. The highest BCUT2D eigenvalue weighted by atomic mass is 31.2. The molecule has 2 heterocycles. The van der Waals surface area contributed by atoms with Gasteiger partial charge in [-0.05, 0) is 13.3 Å². The van der Waals surface area contributed by atoms with E-state index in [0.29, 0.717) is 0 Å². The van der Waals surface area contributed by atoms with Crippen molar-refractivity contribution in [3.05, 3.63) is 32.6 Å². The molecule has 128 valence electrons. The molecule has 23 heavy (non-hydrogen) atoms. The molecule has 1 aromatic rings. The number of rotatable bonds is 5. The number of carboxylic acid groups (broad SMARTS) is 1. The Kier molecular flexibility index (Phi) is 4.87. The Morgan fingerprint density at radius 1 is 1.52 bits per heavy atom. The molecule has 0 bridgehead atoms. The molecule has 0 radical (unpaired) electrons. The van der Waals surface area contributed by atoms with Gasteiger partial charge in [-0.1, -0.05) is 0 Å². The Bertz CT molecular complexity index is 763. The zero-order valence-corrected chi connectivity index (χ0v) is 12.8. The number of H-pyrrole nitrogens is 1. The lowest BCUT2D eigenvalue weighted by Gasteiger charge is -2.18. The number of aliphatic carboxylic acids is 1. The monoisotopic (exact) mass is 350 g/mol. The standard InChI is InChI=1S/C11H15N2O9P/c1-5-3-13(11(17)12-8(5)14)9-7(10(15)16)2-6(22-9)4-21-23(18,19)20/h3,6-7,9H,2,4H2,1H3,(H,15,16)(H,12,14,17)(H2,18,19,20)/t6-,7?,9+/m0/s1. The van der Waals surface area contributed by atoms with E-state index in [0.717, 1.165) is 4.57 Å². The number of aryl methyl sites for hydroxylation is 1. The Balaban J connectivity index is 2.28. The lowest BCUT2D eigenvalue weighted by atomic mass is 10.0. The van der Waals surface area contributed by atoms with Gasteiger partial charge in [0.25, 0.3) is 5.56 Å². The summed E-state index contributed by atoms with van der Waals surface area (Å²) >= 11 is 0. The number of phosphoric acid groups is 1. The molecular weight excluding hydrogens is 335 g/mol. The van der Waals surface area contributed by atoms with E-state index in [2.05, 4.69) is 4.52 Å². The first-order chi connectivity index (χ1) is 10.6. The predicted molar refractivity (Wildman–Crippen MR) is 73.7 cm³/mol. The van der Waals surface area contributed by atoms with Gasteiger partial charge in [-0.15, -0.1) is 0 Å². The van der Waals surface area contributed by atoms with Crippen LogP contribution in [0.25, 0.3) is 0 Å². The van der Waals surface area contributed by atoms with E-state index >= 15 is 0 Å². The van der Waals surface area contributed by atoms with Crippen LogP contribution in [0.5, 0.6) is 0 Å². The van der Waals surface area contributed by atoms with Crippen molar-refractivity contribution in [3.8, 4) is 0 Å². The van der Waals surface area contributed by atoms with Gasteiger partial charge in [0.05, 0.1) is 12.7 Å². The van der Waals surface area contributed by atoms with Crippen molar-refractivity contribution in [2.24, 2.45) is 5.92 Å². The number of carboxylic acids is 1. The second-order valence-electron chi connectivity index (χ2n) is 5.09. The van der Waals surface area contributed by atoms with Crippen LogP contribution >= 0.6 is 7.82 Å². The maximum absolute atomic E-state index is 11.8. The second kappa shape index (κ2) is 6.38. The summed E-state index contributed by atoms with van der Waals surface area (Å²) in [4.78, 5) is 53.9. The number of aromatic nitrogens is 2. The number of carbonyl (C=O) groups is 1. The predicted octanol–water partition coefficient (Wildman–Crippen LogP) is -1.06. The molecule has 0 amide bonds. The van der Waals surface area contributed by atoms with Gasteiger partial charge in [-0.2, -0.15) is 0 Å². The smallest absolute Gasteiger partial charge is 0.469 e. The number of hydrogen-bond acceptors (Lipinski definition) is 6. The topological polar surface area (TPSA) is 168 Å². The Morgan fingerprint density at radius 3 is 2.74 bits per heavy atom. The molecule has 4 N–H and O–H groups in total. The zero-order valence-electron chi connectivity index (χ0n) is 11.9. The van der Waals surface area contributed by atoms with Crippen LogP contribution in [0.4, 0.5) is 0 Å². The van der Waals surface area contributed by atoms with E-state index in [1.807, 2.05) is 4.98 Å². The maximum atomic E-state index is 11.8. The van der Waals surface area contributed by atoms with Crippen LogP contribution < -0.4 is 11.2 Å². The van der Waals surface area contributed by atoms with Crippen LogP contribution in [0.2, 0.25) is 0 Å². The largest absolute Gasteiger partial charge is 0.481 e. The fourth-order valence-corrected chi connectivity index (χ4v) is 2.65. The lowest BCUT2D eigenvalue weighted by Crippen LogP contribution is -2.36. The van der Waals surface area contributed by atoms with Crippen molar-refractivity contribution >= 4 is 13.8 Å². The third-order valence-electron chi connectivity index (χ3n) is 3.36. The molecule has 3 atom stereocenters. The van der Waals surface area contributed by atoms with Crippen LogP contribution in [0, 0.1) is 12.8 Å². The second-order valence-corrected chi connectivity index (χ2v) is 6.33. The molecule has 11 nitrogen and oxygen atoms in total. The highest BCUT2D eigenvalue weighted by molar-refractivity contribution is 7.46. The van der Waals surface area contributed by atoms with Gasteiger partial charge in [0.1, 0.15) is 5.92 Å². The fourth-order valence-electron chi connectivity index (χ4n) is 2.29. The molecule has 1 aliphatic rings. The van der Waals surface area contributed by atoms with E-state index in [-0.39, 0.29) is 12.0 Å². The number of aromatic amines is 1. The molecule has 0 aromatic carbocycles. The summed E-state index contributed by atoms with van der Waals surface area (Å²) in [5.41, 5.74) is -1.25. The fraction of sp³-hybridized carbons (Fsp3) is 0.545. The Morgan fingerprint density at radius 2 is 2.17 bits per heavy atom. The molecule has 1 aromatic heterocycles. The van der Waals surface area contributed by atoms with Crippen molar-refractivity contribution in [2.75, 3.05) is 6.61 Å². The van der Waals surface area contributed by atoms with Crippen molar-refractivity contribution < 1.29 is 33.5 Å². The number of hydrogen-bond donors (Lipinski definition) is 4. The van der Waals surface area contributed by atoms with Gasteiger partial charge in [0, 0.05) is 11.8 Å². The van der Waals surface area contributed by atoms with E-state index in [4.69, 9.17) is 14.5 Å². The first-order valence-electron chi connectivity index (χ1n) is 6.49. The van der Waals surface area contributed by atoms with Crippen molar-refractivity contribution in [2.45, 2.75) is 25.7 Å². The molecule has 1 fully saturated rings. The minimum absolute atomic E-state index is 0.107. The first kappa shape index (κ1) is 17.6. The molecule has 0 saturated carbocycles. The van der Waals surface area contributed by atoms with E-state index in [9.17, 15) is 24.1 Å². The average molecular weight is 350 g/mol. The van der Waals surface area contributed by atoms with Crippen LogP contribution in [0.3, 0.4) is 0 Å².